The molecule has 1 fully saturated rings. The Labute approximate surface area is 87.3 Å². The normalized spacial score (nSPS) is 21.1. The highest BCUT2D eigenvalue weighted by atomic mass is 32.2. The van der Waals surface area contributed by atoms with E-state index < -0.39 is 5.95 Å². The van der Waals surface area contributed by atoms with Gasteiger partial charge in [0.05, 0.1) is 11.9 Å². The highest BCUT2D eigenvalue weighted by molar-refractivity contribution is 7.99. The third-order valence-corrected chi connectivity index (χ3v) is 3.58. The molecule has 2 heterocycles. The summed E-state index contributed by atoms with van der Waals surface area (Å²) in [6.07, 6.45) is 2.82. The summed E-state index contributed by atoms with van der Waals surface area (Å²) in [5.74, 6) is 2.84. The monoisotopic (exact) mass is 212 g/mol. The highest BCUT2D eigenvalue weighted by Gasteiger charge is 2.14. The summed E-state index contributed by atoms with van der Waals surface area (Å²) in [5.41, 5.74) is 0.906. The van der Waals surface area contributed by atoms with E-state index in [1.807, 2.05) is 11.8 Å². The first-order chi connectivity index (χ1) is 6.84. The van der Waals surface area contributed by atoms with Crippen molar-refractivity contribution in [3.05, 3.63) is 24.3 Å². The molecule has 1 aliphatic rings. The highest BCUT2D eigenvalue weighted by Crippen LogP contribution is 2.23. The Morgan fingerprint density at radius 3 is 3.14 bits per heavy atom. The summed E-state index contributed by atoms with van der Waals surface area (Å²) in [5, 5.41) is 3.27. The number of hydrogen-bond donors (Lipinski definition) is 1. The Hall–Kier alpha value is -0.770. The fourth-order valence-electron chi connectivity index (χ4n) is 1.49. The molecule has 0 aliphatic carbocycles. The first-order valence-corrected chi connectivity index (χ1v) is 5.93. The smallest absolute Gasteiger partial charge is 0.212 e. The number of hydrogen-bond acceptors (Lipinski definition) is 3. The Morgan fingerprint density at radius 1 is 1.57 bits per heavy atom. The second kappa shape index (κ2) is 4.64. The van der Waals surface area contributed by atoms with Gasteiger partial charge in [-0.3, -0.25) is 0 Å². The fourth-order valence-corrected chi connectivity index (χ4v) is 2.77. The standard InChI is InChI=1S/C10H13FN2S/c11-10-2-1-9(6-13-10)12-5-8-3-4-14-7-8/h1-2,6,8,12H,3-5,7H2. The lowest BCUT2D eigenvalue weighted by atomic mass is 10.1. The van der Waals surface area contributed by atoms with Crippen LogP contribution < -0.4 is 5.32 Å². The lowest BCUT2D eigenvalue weighted by Gasteiger charge is -2.10. The van der Waals surface area contributed by atoms with Crippen LogP contribution >= 0.6 is 11.8 Å². The van der Waals surface area contributed by atoms with Gasteiger partial charge in [0.15, 0.2) is 0 Å². The largest absolute Gasteiger partial charge is 0.383 e. The zero-order valence-corrected chi connectivity index (χ0v) is 8.69. The van der Waals surface area contributed by atoms with E-state index in [4.69, 9.17) is 0 Å². The van der Waals surface area contributed by atoms with Gasteiger partial charge < -0.3 is 5.32 Å². The van der Waals surface area contributed by atoms with E-state index in [1.165, 1.54) is 30.2 Å². The van der Waals surface area contributed by atoms with Crippen LogP contribution in [0.2, 0.25) is 0 Å². The Bertz CT molecular complexity index is 283. The van der Waals surface area contributed by atoms with Crippen molar-refractivity contribution in [2.45, 2.75) is 6.42 Å². The van der Waals surface area contributed by atoms with E-state index in [1.54, 1.807) is 6.07 Å². The van der Waals surface area contributed by atoms with Crippen molar-refractivity contribution in [1.82, 2.24) is 4.98 Å². The molecule has 0 radical (unpaired) electrons. The molecule has 14 heavy (non-hydrogen) atoms. The molecule has 1 aromatic rings. The van der Waals surface area contributed by atoms with E-state index in [9.17, 15) is 4.39 Å². The fraction of sp³-hybridized carbons (Fsp3) is 0.500. The molecule has 1 aromatic heterocycles. The van der Waals surface area contributed by atoms with E-state index in [0.29, 0.717) is 0 Å². The topological polar surface area (TPSA) is 24.9 Å². The zero-order valence-electron chi connectivity index (χ0n) is 7.87. The van der Waals surface area contributed by atoms with Crippen molar-refractivity contribution in [1.29, 1.82) is 0 Å². The van der Waals surface area contributed by atoms with Crippen LogP contribution in [0.5, 0.6) is 0 Å². The predicted octanol–water partition coefficient (Wildman–Crippen LogP) is 2.39. The molecule has 1 N–H and O–H groups in total. The van der Waals surface area contributed by atoms with E-state index in [0.717, 1.165) is 18.2 Å². The van der Waals surface area contributed by atoms with Crippen LogP contribution in [0.25, 0.3) is 0 Å². The molecule has 2 rings (SSSR count). The number of halogens is 1. The molecule has 0 aromatic carbocycles. The van der Waals surface area contributed by atoms with Gasteiger partial charge in [0, 0.05) is 6.54 Å². The van der Waals surface area contributed by atoms with Crippen molar-refractivity contribution in [3.63, 3.8) is 0 Å². The molecule has 1 atom stereocenters. The molecule has 1 aliphatic heterocycles. The number of anilines is 1. The molecular formula is C10H13FN2S. The summed E-state index contributed by atoms with van der Waals surface area (Å²) in [7, 11) is 0. The molecule has 0 saturated carbocycles. The van der Waals surface area contributed by atoms with Crippen LogP contribution in [0, 0.1) is 11.9 Å². The van der Waals surface area contributed by atoms with Crippen molar-refractivity contribution >= 4 is 17.4 Å². The Kier molecular flexibility index (Phi) is 3.24. The molecule has 2 nitrogen and oxygen atoms in total. The summed E-state index contributed by atoms with van der Waals surface area (Å²) >= 11 is 2.00. The molecule has 0 bridgehead atoms. The van der Waals surface area contributed by atoms with Crippen molar-refractivity contribution in [2.75, 3.05) is 23.4 Å². The Balaban J connectivity index is 1.82. The average Bonchev–Trinajstić information content (AvgIpc) is 2.70. The second-order valence-electron chi connectivity index (χ2n) is 3.48. The van der Waals surface area contributed by atoms with Gasteiger partial charge >= 0.3 is 0 Å². The number of thioether (sulfide) groups is 1. The minimum absolute atomic E-state index is 0.424. The van der Waals surface area contributed by atoms with Gasteiger partial charge in [-0.25, -0.2) is 4.98 Å². The Morgan fingerprint density at radius 2 is 2.50 bits per heavy atom. The van der Waals surface area contributed by atoms with Crippen LogP contribution in [-0.4, -0.2) is 23.0 Å². The number of aromatic nitrogens is 1. The number of nitrogens with zero attached hydrogens (tertiary/aromatic N) is 1. The third kappa shape index (κ3) is 2.61. The predicted molar refractivity (Wildman–Crippen MR) is 58.1 cm³/mol. The SMILES string of the molecule is Fc1ccc(NCC2CCSC2)cn1. The maximum atomic E-state index is 12.5. The van der Waals surface area contributed by atoms with Crippen LogP contribution in [0.3, 0.4) is 0 Å². The van der Waals surface area contributed by atoms with Gasteiger partial charge in [-0.2, -0.15) is 16.2 Å². The van der Waals surface area contributed by atoms with Crippen molar-refractivity contribution in [3.8, 4) is 0 Å². The van der Waals surface area contributed by atoms with Crippen LogP contribution in [-0.2, 0) is 0 Å². The van der Waals surface area contributed by atoms with Crippen LogP contribution in [0.1, 0.15) is 6.42 Å². The minimum atomic E-state index is -0.424. The molecule has 1 saturated heterocycles. The van der Waals surface area contributed by atoms with E-state index in [2.05, 4.69) is 10.3 Å². The van der Waals surface area contributed by atoms with Gasteiger partial charge in [0.25, 0.3) is 0 Å². The second-order valence-corrected chi connectivity index (χ2v) is 4.63. The number of rotatable bonds is 3. The van der Waals surface area contributed by atoms with E-state index in [-0.39, 0.29) is 0 Å². The number of pyridine rings is 1. The molecule has 1 unspecified atom stereocenters. The van der Waals surface area contributed by atoms with E-state index >= 15 is 0 Å². The lowest BCUT2D eigenvalue weighted by molar-refractivity contribution is 0.583. The lowest BCUT2D eigenvalue weighted by Crippen LogP contribution is -2.13. The summed E-state index contributed by atoms with van der Waals surface area (Å²) in [6, 6.07) is 3.11. The zero-order chi connectivity index (χ0) is 9.80. The van der Waals surface area contributed by atoms with Gasteiger partial charge in [-0.05, 0) is 36.0 Å². The summed E-state index contributed by atoms with van der Waals surface area (Å²) in [6.45, 7) is 0.973. The van der Waals surface area contributed by atoms with Gasteiger partial charge in [-0.15, -0.1) is 0 Å². The van der Waals surface area contributed by atoms with Crippen LogP contribution in [0.15, 0.2) is 18.3 Å². The maximum Gasteiger partial charge on any atom is 0.212 e. The number of nitrogens with one attached hydrogen (secondary N) is 1. The average molecular weight is 212 g/mol. The molecule has 76 valence electrons. The molecule has 0 spiro atoms. The summed E-state index contributed by atoms with van der Waals surface area (Å²) in [4.78, 5) is 3.59. The van der Waals surface area contributed by atoms with Crippen LogP contribution in [0.4, 0.5) is 10.1 Å². The van der Waals surface area contributed by atoms with Gasteiger partial charge in [0.1, 0.15) is 0 Å². The minimum Gasteiger partial charge on any atom is -0.383 e. The van der Waals surface area contributed by atoms with Gasteiger partial charge in [-0.1, -0.05) is 0 Å². The first kappa shape index (κ1) is 9.77. The van der Waals surface area contributed by atoms with Crippen molar-refractivity contribution < 1.29 is 4.39 Å². The van der Waals surface area contributed by atoms with Gasteiger partial charge in [0.2, 0.25) is 5.95 Å². The third-order valence-electron chi connectivity index (χ3n) is 2.35. The molecule has 0 amide bonds. The quantitative estimate of drug-likeness (QED) is 0.779. The molecule has 4 heteroatoms. The maximum absolute atomic E-state index is 12.5. The summed E-state index contributed by atoms with van der Waals surface area (Å²) < 4.78 is 12.5. The van der Waals surface area contributed by atoms with Crippen molar-refractivity contribution in [2.24, 2.45) is 5.92 Å². The molecular weight excluding hydrogens is 199 g/mol. The first-order valence-electron chi connectivity index (χ1n) is 4.78.